The first-order valence-corrected chi connectivity index (χ1v) is 8.60. The van der Waals surface area contributed by atoms with Crippen molar-refractivity contribution in [3.05, 3.63) is 71.3 Å². The molecule has 2 atom stereocenters. The molecule has 1 saturated carbocycles. The van der Waals surface area contributed by atoms with E-state index in [2.05, 4.69) is 0 Å². The third kappa shape index (κ3) is 4.63. The fourth-order valence-corrected chi connectivity index (χ4v) is 3.23. The number of nitrogens with zero attached hydrogens (tertiary/aromatic N) is 1. The van der Waals surface area contributed by atoms with E-state index in [1.807, 2.05) is 35.2 Å². The summed E-state index contributed by atoms with van der Waals surface area (Å²) in [4.78, 5) is 2.04. The smallest absolute Gasteiger partial charge is 0.159 e. The summed E-state index contributed by atoms with van der Waals surface area (Å²) in [5.41, 5.74) is 1.42. The molecule has 0 spiro atoms. The van der Waals surface area contributed by atoms with E-state index in [-0.39, 0.29) is 19.2 Å². The fraction of sp³-hybridized carbons (Fsp3) is 0.400. The topological polar surface area (TPSA) is 43.7 Å². The maximum atomic E-state index is 13.4. The Morgan fingerprint density at radius 2 is 1.76 bits per heavy atom. The van der Waals surface area contributed by atoms with Crippen LogP contribution < -0.4 is 0 Å². The molecule has 25 heavy (non-hydrogen) atoms. The van der Waals surface area contributed by atoms with E-state index in [4.69, 9.17) is 0 Å². The van der Waals surface area contributed by atoms with Crippen LogP contribution in [0.15, 0.2) is 48.5 Å². The molecule has 5 heteroatoms. The van der Waals surface area contributed by atoms with Gasteiger partial charge < -0.3 is 10.2 Å². The first-order valence-electron chi connectivity index (χ1n) is 8.60. The van der Waals surface area contributed by atoms with Crippen molar-refractivity contribution < 1.29 is 19.0 Å². The summed E-state index contributed by atoms with van der Waals surface area (Å²) in [5.74, 6) is -1.47. The van der Waals surface area contributed by atoms with E-state index in [0.29, 0.717) is 18.0 Å². The number of aliphatic hydroxyl groups is 2. The number of hydrogen-bond donors (Lipinski definition) is 2. The Bertz CT molecular complexity index is 691. The molecule has 0 bridgehead atoms. The SMILES string of the molecule is OCC(C1CC1)N(Cc1ccccc1)CC(O)c1ccc(F)c(F)c1. The number of aliphatic hydroxyl groups excluding tert-OH is 2. The van der Waals surface area contributed by atoms with Gasteiger partial charge in [-0.05, 0) is 42.0 Å². The summed E-state index contributed by atoms with van der Waals surface area (Å²) in [6.07, 6.45) is 1.18. The highest BCUT2D eigenvalue weighted by Crippen LogP contribution is 2.36. The van der Waals surface area contributed by atoms with Gasteiger partial charge in [0.05, 0.1) is 12.7 Å². The van der Waals surface area contributed by atoms with Crippen LogP contribution in [0.3, 0.4) is 0 Å². The minimum absolute atomic E-state index is 0.0159. The van der Waals surface area contributed by atoms with Crippen molar-refractivity contribution in [2.75, 3.05) is 13.2 Å². The van der Waals surface area contributed by atoms with Crippen LogP contribution in [-0.4, -0.2) is 34.3 Å². The van der Waals surface area contributed by atoms with Gasteiger partial charge in [0, 0.05) is 19.1 Å². The van der Waals surface area contributed by atoms with Gasteiger partial charge in [-0.1, -0.05) is 36.4 Å². The molecule has 0 heterocycles. The molecule has 3 nitrogen and oxygen atoms in total. The van der Waals surface area contributed by atoms with E-state index < -0.39 is 17.7 Å². The van der Waals surface area contributed by atoms with Gasteiger partial charge in [0.2, 0.25) is 0 Å². The Hall–Kier alpha value is -1.82. The quantitative estimate of drug-likeness (QED) is 0.770. The first kappa shape index (κ1) is 18.0. The molecule has 0 aromatic heterocycles. The fourth-order valence-electron chi connectivity index (χ4n) is 3.23. The van der Waals surface area contributed by atoms with Crippen LogP contribution in [0.2, 0.25) is 0 Å². The molecule has 134 valence electrons. The summed E-state index contributed by atoms with van der Waals surface area (Å²) in [6, 6.07) is 13.3. The largest absolute Gasteiger partial charge is 0.395 e. The van der Waals surface area contributed by atoms with E-state index in [1.54, 1.807) is 0 Å². The number of hydrogen-bond acceptors (Lipinski definition) is 3. The second kappa shape index (κ2) is 8.04. The molecule has 0 radical (unpaired) electrons. The lowest BCUT2D eigenvalue weighted by Crippen LogP contribution is -2.41. The zero-order valence-electron chi connectivity index (χ0n) is 14.0. The maximum Gasteiger partial charge on any atom is 0.159 e. The van der Waals surface area contributed by atoms with Crippen LogP contribution in [0.1, 0.15) is 30.1 Å². The predicted octanol–water partition coefficient (Wildman–Crippen LogP) is 3.27. The standard InChI is InChI=1S/C20H23F2NO2/c21-17-9-8-16(10-18(17)22)20(25)12-23(19(13-24)15-6-7-15)11-14-4-2-1-3-5-14/h1-5,8-10,15,19-20,24-25H,6-7,11-13H2. The molecule has 1 aliphatic carbocycles. The normalized spacial score (nSPS) is 16.8. The van der Waals surface area contributed by atoms with E-state index in [0.717, 1.165) is 30.5 Å². The lowest BCUT2D eigenvalue weighted by molar-refractivity contribution is 0.0476. The van der Waals surface area contributed by atoms with E-state index in [1.165, 1.54) is 6.07 Å². The molecule has 0 aliphatic heterocycles. The van der Waals surface area contributed by atoms with E-state index in [9.17, 15) is 19.0 Å². The lowest BCUT2D eigenvalue weighted by atomic mass is 10.0. The van der Waals surface area contributed by atoms with Gasteiger partial charge in [0.1, 0.15) is 0 Å². The number of rotatable bonds is 8. The van der Waals surface area contributed by atoms with Crippen LogP contribution in [0.25, 0.3) is 0 Å². The zero-order valence-corrected chi connectivity index (χ0v) is 14.0. The monoisotopic (exact) mass is 347 g/mol. The highest BCUT2D eigenvalue weighted by Gasteiger charge is 2.35. The number of benzene rings is 2. The number of halogens is 2. The third-order valence-corrected chi connectivity index (χ3v) is 4.79. The molecule has 2 aromatic carbocycles. The first-order chi connectivity index (χ1) is 12.1. The minimum Gasteiger partial charge on any atom is -0.395 e. The van der Waals surface area contributed by atoms with Crippen LogP contribution in [0.5, 0.6) is 0 Å². The van der Waals surface area contributed by atoms with Crippen molar-refractivity contribution in [1.29, 1.82) is 0 Å². The highest BCUT2D eigenvalue weighted by molar-refractivity contribution is 5.21. The Morgan fingerprint density at radius 1 is 1.04 bits per heavy atom. The average Bonchev–Trinajstić information content (AvgIpc) is 3.43. The molecule has 3 rings (SSSR count). The molecular formula is C20H23F2NO2. The molecule has 1 fully saturated rings. The Balaban J connectivity index is 1.77. The lowest BCUT2D eigenvalue weighted by Gasteiger charge is -2.32. The van der Waals surface area contributed by atoms with Gasteiger partial charge in [-0.3, -0.25) is 4.90 Å². The van der Waals surface area contributed by atoms with Gasteiger partial charge in [0.15, 0.2) is 11.6 Å². The Labute approximate surface area is 146 Å². The minimum atomic E-state index is -0.966. The van der Waals surface area contributed by atoms with Crippen LogP contribution in [0.4, 0.5) is 8.78 Å². The van der Waals surface area contributed by atoms with Gasteiger partial charge in [-0.25, -0.2) is 8.78 Å². The van der Waals surface area contributed by atoms with Gasteiger partial charge in [-0.15, -0.1) is 0 Å². The molecule has 0 amide bonds. The molecule has 2 aromatic rings. The van der Waals surface area contributed by atoms with Crippen LogP contribution >= 0.6 is 0 Å². The summed E-state index contributed by atoms with van der Waals surface area (Å²) in [6.45, 7) is 0.854. The summed E-state index contributed by atoms with van der Waals surface area (Å²) >= 11 is 0. The summed E-state index contributed by atoms with van der Waals surface area (Å²) in [7, 11) is 0. The Kier molecular flexibility index (Phi) is 5.78. The van der Waals surface area contributed by atoms with Crippen molar-refractivity contribution in [1.82, 2.24) is 4.90 Å². The highest BCUT2D eigenvalue weighted by atomic mass is 19.2. The van der Waals surface area contributed by atoms with Crippen molar-refractivity contribution in [2.24, 2.45) is 5.92 Å². The third-order valence-electron chi connectivity index (χ3n) is 4.79. The van der Waals surface area contributed by atoms with Gasteiger partial charge in [0.25, 0.3) is 0 Å². The van der Waals surface area contributed by atoms with Gasteiger partial charge >= 0.3 is 0 Å². The van der Waals surface area contributed by atoms with Crippen LogP contribution in [-0.2, 0) is 6.54 Å². The Morgan fingerprint density at radius 3 is 2.36 bits per heavy atom. The second-order valence-corrected chi connectivity index (χ2v) is 6.69. The predicted molar refractivity (Wildman–Crippen MR) is 91.8 cm³/mol. The molecule has 0 saturated heterocycles. The van der Waals surface area contributed by atoms with Crippen molar-refractivity contribution >= 4 is 0 Å². The van der Waals surface area contributed by atoms with Crippen molar-refractivity contribution in [3.8, 4) is 0 Å². The van der Waals surface area contributed by atoms with E-state index >= 15 is 0 Å². The zero-order chi connectivity index (χ0) is 17.8. The molecule has 1 aliphatic rings. The molecule has 2 unspecified atom stereocenters. The van der Waals surface area contributed by atoms with Crippen molar-refractivity contribution in [3.63, 3.8) is 0 Å². The summed E-state index contributed by atoms with van der Waals surface area (Å²) in [5, 5.41) is 20.3. The average molecular weight is 347 g/mol. The second-order valence-electron chi connectivity index (χ2n) is 6.69. The maximum absolute atomic E-state index is 13.4. The van der Waals surface area contributed by atoms with Crippen molar-refractivity contribution in [2.45, 2.75) is 31.5 Å². The summed E-state index contributed by atoms with van der Waals surface area (Å²) < 4.78 is 26.6. The molecule has 2 N–H and O–H groups in total. The molecular weight excluding hydrogens is 324 g/mol. The van der Waals surface area contributed by atoms with Gasteiger partial charge in [-0.2, -0.15) is 0 Å². The van der Waals surface area contributed by atoms with Crippen LogP contribution in [0, 0.1) is 17.6 Å².